The fourth-order valence-corrected chi connectivity index (χ4v) is 2.28. The Balaban J connectivity index is 1.68. The number of carbonyl (C=O) groups is 1. The number of pyridine rings is 1. The monoisotopic (exact) mass is 343 g/mol. The van der Waals surface area contributed by atoms with E-state index in [0.717, 1.165) is 10.9 Å². The Morgan fingerprint density at radius 3 is 2.50 bits per heavy atom. The van der Waals surface area contributed by atoms with E-state index in [0.29, 0.717) is 22.4 Å². The van der Waals surface area contributed by atoms with Crippen LogP contribution in [0.25, 0.3) is 10.9 Å². The highest BCUT2D eigenvalue weighted by Crippen LogP contribution is 2.25. The molecule has 0 radical (unpaired) electrons. The van der Waals surface area contributed by atoms with Crippen LogP contribution in [-0.2, 0) is 4.79 Å². The molecule has 0 fully saturated rings. The van der Waals surface area contributed by atoms with E-state index in [1.165, 1.54) is 0 Å². The van der Waals surface area contributed by atoms with E-state index in [2.05, 4.69) is 4.98 Å². The first-order valence-corrected chi connectivity index (χ1v) is 7.67. The van der Waals surface area contributed by atoms with Gasteiger partial charge in [0, 0.05) is 16.5 Å². The zero-order valence-corrected chi connectivity index (χ0v) is 13.4. The molecule has 0 aliphatic rings. The molecule has 3 rings (SSSR count). The van der Waals surface area contributed by atoms with Gasteiger partial charge in [0.25, 0.3) is 0 Å². The maximum absolute atomic E-state index is 10.4. The number of carboxylic acid groups (broad SMARTS) is 1. The van der Waals surface area contributed by atoms with E-state index in [1.54, 1.807) is 36.4 Å². The van der Waals surface area contributed by atoms with Crippen molar-refractivity contribution in [1.82, 2.24) is 4.98 Å². The number of rotatable bonds is 6. The van der Waals surface area contributed by atoms with Crippen LogP contribution in [0.15, 0.2) is 54.6 Å². The van der Waals surface area contributed by atoms with Crippen molar-refractivity contribution in [3.63, 3.8) is 0 Å². The number of benzene rings is 2. The number of carboxylic acids is 1. The summed E-state index contributed by atoms with van der Waals surface area (Å²) in [5, 5.41) is 10.2. The first-order valence-electron chi connectivity index (χ1n) is 7.29. The molecule has 0 atom stereocenters. The summed E-state index contributed by atoms with van der Waals surface area (Å²) in [7, 11) is 0. The third-order valence-electron chi connectivity index (χ3n) is 3.26. The lowest BCUT2D eigenvalue weighted by Gasteiger charge is -2.08. The summed E-state index contributed by atoms with van der Waals surface area (Å²) in [6.45, 7) is 0.128. The summed E-state index contributed by atoms with van der Waals surface area (Å²) in [6, 6.07) is 16.1. The molecule has 1 N–H and O–H groups in total. The van der Waals surface area contributed by atoms with Crippen LogP contribution in [0.3, 0.4) is 0 Å². The Kier molecular flexibility index (Phi) is 4.82. The molecule has 1 heterocycles. The largest absolute Gasteiger partial charge is 0.493 e. The summed E-state index contributed by atoms with van der Waals surface area (Å²) >= 11 is 5.98. The van der Waals surface area contributed by atoms with Crippen LogP contribution in [0.1, 0.15) is 6.42 Å². The zero-order chi connectivity index (χ0) is 16.9. The summed E-state index contributed by atoms with van der Waals surface area (Å²) in [4.78, 5) is 14.9. The van der Waals surface area contributed by atoms with Crippen LogP contribution >= 0.6 is 11.6 Å². The minimum atomic E-state index is -0.891. The number of hydrogen-bond donors (Lipinski definition) is 1. The molecule has 0 bridgehead atoms. The summed E-state index contributed by atoms with van der Waals surface area (Å²) in [5.41, 5.74) is 0.758. The molecule has 2 aromatic carbocycles. The van der Waals surface area contributed by atoms with E-state index in [-0.39, 0.29) is 13.0 Å². The molecule has 6 heteroatoms. The second-order valence-corrected chi connectivity index (χ2v) is 5.49. The summed E-state index contributed by atoms with van der Waals surface area (Å²) in [6.07, 6.45) is -0.0399. The van der Waals surface area contributed by atoms with E-state index >= 15 is 0 Å². The Bertz CT molecular complexity index is 865. The van der Waals surface area contributed by atoms with E-state index < -0.39 is 5.97 Å². The maximum atomic E-state index is 10.4. The van der Waals surface area contributed by atoms with Crippen molar-refractivity contribution in [3.8, 4) is 17.4 Å². The molecule has 0 saturated heterocycles. The smallest absolute Gasteiger partial charge is 0.306 e. The highest BCUT2D eigenvalue weighted by molar-refractivity contribution is 6.31. The molecule has 5 nitrogen and oxygen atoms in total. The molecule has 0 aliphatic heterocycles. The normalized spacial score (nSPS) is 10.5. The van der Waals surface area contributed by atoms with Crippen molar-refractivity contribution in [2.24, 2.45) is 0 Å². The summed E-state index contributed by atoms with van der Waals surface area (Å²) in [5.74, 6) is 0.762. The second-order valence-electron chi connectivity index (χ2n) is 5.05. The molecule has 122 valence electrons. The predicted octanol–water partition coefficient (Wildman–Crippen LogP) is 4.53. The van der Waals surface area contributed by atoms with E-state index in [4.69, 9.17) is 26.2 Å². The predicted molar refractivity (Wildman–Crippen MR) is 91.0 cm³/mol. The number of hydrogen-bond acceptors (Lipinski definition) is 4. The third-order valence-corrected chi connectivity index (χ3v) is 3.49. The van der Waals surface area contributed by atoms with Crippen molar-refractivity contribution in [2.75, 3.05) is 6.61 Å². The van der Waals surface area contributed by atoms with Gasteiger partial charge in [0.15, 0.2) is 0 Å². The van der Waals surface area contributed by atoms with E-state index in [1.807, 2.05) is 18.2 Å². The average Bonchev–Trinajstić information content (AvgIpc) is 2.56. The van der Waals surface area contributed by atoms with Gasteiger partial charge in [-0.2, -0.15) is 0 Å². The minimum Gasteiger partial charge on any atom is -0.493 e. The van der Waals surface area contributed by atoms with Crippen molar-refractivity contribution < 1.29 is 19.4 Å². The van der Waals surface area contributed by atoms with E-state index in [9.17, 15) is 4.79 Å². The lowest BCUT2D eigenvalue weighted by atomic mass is 10.2. The number of aliphatic carboxylic acids is 1. The molecule has 1 aromatic heterocycles. The number of nitrogens with zero attached hydrogens (tertiary/aromatic N) is 1. The lowest BCUT2D eigenvalue weighted by molar-refractivity contribution is -0.137. The highest BCUT2D eigenvalue weighted by Gasteiger charge is 2.03. The zero-order valence-electron chi connectivity index (χ0n) is 12.6. The van der Waals surface area contributed by atoms with Gasteiger partial charge in [-0.05, 0) is 42.5 Å². The van der Waals surface area contributed by atoms with Gasteiger partial charge in [-0.15, -0.1) is 0 Å². The van der Waals surface area contributed by atoms with Gasteiger partial charge in [0.05, 0.1) is 18.5 Å². The maximum Gasteiger partial charge on any atom is 0.306 e. The molecule has 0 amide bonds. The number of halogens is 1. The summed E-state index contributed by atoms with van der Waals surface area (Å²) < 4.78 is 11.0. The van der Waals surface area contributed by atoms with Gasteiger partial charge >= 0.3 is 5.97 Å². The fraction of sp³-hybridized carbons (Fsp3) is 0.111. The highest BCUT2D eigenvalue weighted by atomic mass is 35.5. The second kappa shape index (κ2) is 7.19. The Hall–Kier alpha value is -2.79. The van der Waals surface area contributed by atoms with Gasteiger partial charge in [0.2, 0.25) is 5.88 Å². The van der Waals surface area contributed by atoms with Gasteiger partial charge < -0.3 is 14.6 Å². The standard InChI is InChI=1S/C18H14ClNO4/c19-13-3-1-12-2-8-17(20-16(12)11-13)24-15-6-4-14(5-7-15)23-10-9-18(21)22/h1-8,11H,9-10H2,(H,21,22). The molecule has 24 heavy (non-hydrogen) atoms. The van der Waals surface area contributed by atoms with Gasteiger partial charge in [-0.25, -0.2) is 4.98 Å². The van der Waals surface area contributed by atoms with Crippen molar-refractivity contribution >= 4 is 28.5 Å². The van der Waals surface area contributed by atoms with Crippen LogP contribution in [-0.4, -0.2) is 22.7 Å². The average molecular weight is 344 g/mol. The third kappa shape index (κ3) is 4.14. The Morgan fingerprint density at radius 1 is 1.04 bits per heavy atom. The first kappa shape index (κ1) is 16.1. The number of ether oxygens (including phenoxy) is 2. The first-order chi connectivity index (χ1) is 11.6. The SMILES string of the molecule is O=C(O)CCOc1ccc(Oc2ccc3ccc(Cl)cc3n2)cc1. The Morgan fingerprint density at radius 2 is 1.75 bits per heavy atom. The minimum absolute atomic E-state index is 0.0399. The number of aromatic nitrogens is 1. The molecule has 0 spiro atoms. The van der Waals surface area contributed by atoms with Gasteiger partial charge in [-0.1, -0.05) is 17.7 Å². The van der Waals surface area contributed by atoms with Crippen molar-refractivity contribution in [3.05, 3.63) is 59.6 Å². The Labute approximate surface area is 143 Å². The topological polar surface area (TPSA) is 68.7 Å². The van der Waals surface area contributed by atoms with Crippen LogP contribution in [0.5, 0.6) is 17.4 Å². The van der Waals surface area contributed by atoms with Crippen LogP contribution in [0, 0.1) is 0 Å². The molecule has 0 unspecified atom stereocenters. The van der Waals surface area contributed by atoms with Crippen molar-refractivity contribution in [2.45, 2.75) is 6.42 Å². The molecular formula is C18H14ClNO4. The van der Waals surface area contributed by atoms with Crippen LogP contribution < -0.4 is 9.47 Å². The van der Waals surface area contributed by atoms with Crippen LogP contribution in [0.4, 0.5) is 0 Å². The molecule has 0 aliphatic carbocycles. The quantitative estimate of drug-likeness (QED) is 0.712. The number of fused-ring (bicyclic) bond motifs is 1. The van der Waals surface area contributed by atoms with Crippen molar-refractivity contribution in [1.29, 1.82) is 0 Å². The molecule has 0 saturated carbocycles. The van der Waals surface area contributed by atoms with Gasteiger partial charge in [-0.3, -0.25) is 4.79 Å². The lowest BCUT2D eigenvalue weighted by Crippen LogP contribution is -2.04. The van der Waals surface area contributed by atoms with Crippen LogP contribution in [0.2, 0.25) is 5.02 Å². The molecule has 3 aromatic rings. The van der Waals surface area contributed by atoms with Gasteiger partial charge in [0.1, 0.15) is 11.5 Å². The fourth-order valence-electron chi connectivity index (χ4n) is 2.11. The molecular weight excluding hydrogens is 330 g/mol.